The van der Waals surface area contributed by atoms with Crippen molar-refractivity contribution in [3.05, 3.63) is 36.0 Å². The first-order valence-electron chi connectivity index (χ1n) is 6.00. The summed E-state index contributed by atoms with van der Waals surface area (Å²) >= 11 is 0. The lowest BCUT2D eigenvalue weighted by atomic mass is 10.1. The molecule has 0 saturated carbocycles. The summed E-state index contributed by atoms with van der Waals surface area (Å²) in [6.07, 6.45) is 1.34. The average molecular weight is 247 g/mol. The molecule has 1 aromatic carbocycles. The van der Waals surface area contributed by atoms with Gasteiger partial charge in [0.05, 0.1) is 17.2 Å². The van der Waals surface area contributed by atoms with Gasteiger partial charge in [-0.2, -0.15) is 0 Å². The number of hydrogen-bond acceptors (Lipinski definition) is 2. The van der Waals surface area contributed by atoms with Crippen molar-refractivity contribution in [1.82, 2.24) is 4.57 Å². The number of aliphatic hydroxyl groups is 1. The summed E-state index contributed by atoms with van der Waals surface area (Å²) in [5, 5.41) is 20.0. The van der Waals surface area contributed by atoms with Gasteiger partial charge in [0, 0.05) is 18.1 Å². The molecule has 1 unspecified atom stereocenters. The Morgan fingerprint density at radius 2 is 2.06 bits per heavy atom. The second kappa shape index (κ2) is 4.82. The molecule has 2 N–H and O–H groups in total. The minimum absolute atomic E-state index is 0.138. The van der Waals surface area contributed by atoms with Crippen molar-refractivity contribution >= 4 is 16.9 Å². The fraction of sp³-hybridized carbons (Fsp3) is 0.357. The van der Waals surface area contributed by atoms with E-state index in [1.807, 2.05) is 36.7 Å². The van der Waals surface area contributed by atoms with Crippen LogP contribution in [0.15, 0.2) is 30.5 Å². The number of para-hydroxylation sites is 1. The van der Waals surface area contributed by atoms with Crippen LogP contribution in [0.4, 0.5) is 0 Å². The summed E-state index contributed by atoms with van der Waals surface area (Å²) < 4.78 is 1.81. The zero-order chi connectivity index (χ0) is 13.3. The van der Waals surface area contributed by atoms with E-state index in [0.717, 1.165) is 5.39 Å². The van der Waals surface area contributed by atoms with Gasteiger partial charge in [0.1, 0.15) is 0 Å². The number of aromatic carboxylic acids is 1. The van der Waals surface area contributed by atoms with E-state index >= 15 is 0 Å². The first kappa shape index (κ1) is 12.6. The highest BCUT2D eigenvalue weighted by atomic mass is 16.4. The maximum atomic E-state index is 11.2. The number of aliphatic hydroxyl groups excluding tert-OH is 1. The standard InChI is InChI=1S/C14H17NO3/c1-9(2)12(16)8-15-7-6-10-4-3-5-11(13(10)15)14(17)18/h3-7,9,12,16H,8H2,1-2H3,(H,17,18). The highest BCUT2D eigenvalue weighted by Crippen LogP contribution is 2.21. The van der Waals surface area contributed by atoms with Gasteiger partial charge in [-0.3, -0.25) is 0 Å². The molecule has 1 atom stereocenters. The molecule has 0 aliphatic rings. The number of benzene rings is 1. The Bertz CT molecular complexity index is 571. The van der Waals surface area contributed by atoms with Crippen LogP contribution in [0.5, 0.6) is 0 Å². The molecule has 18 heavy (non-hydrogen) atoms. The number of nitrogens with zero attached hydrogens (tertiary/aromatic N) is 1. The predicted molar refractivity (Wildman–Crippen MR) is 69.7 cm³/mol. The van der Waals surface area contributed by atoms with Gasteiger partial charge in [0.15, 0.2) is 0 Å². The Labute approximate surface area is 105 Å². The molecule has 0 amide bonds. The minimum Gasteiger partial charge on any atom is -0.478 e. The van der Waals surface area contributed by atoms with E-state index in [-0.39, 0.29) is 11.5 Å². The molecule has 0 spiro atoms. The lowest BCUT2D eigenvalue weighted by molar-refractivity contribution is 0.0697. The molecule has 0 saturated heterocycles. The first-order valence-corrected chi connectivity index (χ1v) is 6.00. The zero-order valence-corrected chi connectivity index (χ0v) is 10.5. The fourth-order valence-corrected chi connectivity index (χ4v) is 2.00. The van der Waals surface area contributed by atoms with E-state index in [4.69, 9.17) is 0 Å². The third-order valence-electron chi connectivity index (χ3n) is 3.17. The molecule has 0 fully saturated rings. The third-order valence-corrected chi connectivity index (χ3v) is 3.17. The smallest absolute Gasteiger partial charge is 0.337 e. The van der Waals surface area contributed by atoms with E-state index in [9.17, 15) is 15.0 Å². The van der Waals surface area contributed by atoms with Gasteiger partial charge in [-0.1, -0.05) is 26.0 Å². The van der Waals surface area contributed by atoms with Crippen LogP contribution >= 0.6 is 0 Å². The maximum Gasteiger partial charge on any atom is 0.337 e. The van der Waals surface area contributed by atoms with Gasteiger partial charge in [0.2, 0.25) is 0 Å². The number of hydrogen-bond donors (Lipinski definition) is 2. The number of aromatic nitrogens is 1. The molecular formula is C14H17NO3. The molecule has 1 aromatic heterocycles. The quantitative estimate of drug-likeness (QED) is 0.871. The first-order chi connectivity index (χ1) is 8.50. The van der Waals surface area contributed by atoms with Gasteiger partial charge in [-0.25, -0.2) is 4.79 Å². The Kier molecular flexibility index (Phi) is 3.39. The van der Waals surface area contributed by atoms with Gasteiger partial charge in [-0.05, 0) is 18.1 Å². The van der Waals surface area contributed by atoms with E-state index in [1.54, 1.807) is 12.1 Å². The molecule has 4 heteroatoms. The Hall–Kier alpha value is -1.81. The van der Waals surface area contributed by atoms with Gasteiger partial charge in [-0.15, -0.1) is 0 Å². The van der Waals surface area contributed by atoms with Crippen LogP contribution in [-0.2, 0) is 6.54 Å². The highest BCUT2D eigenvalue weighted by molar-refractivity contribution is 6.02. The number of fused-ring (bicyclic) bond motifs is 1. The second-order valence-electron chi connectivity index (χ2n) is 4.83. The van der Waals surface area contributed by atoms with Crippen molar-refractivity contribution in [2.24, 2.45) is 5.92 Å². The van der Waals surface area contributed by atoms with Crippen molar-refractivity contribution in [2.75, 3.05) is 0 Å². The van der Waals surface area contributed by atoms with Crippen molar-refractivity contribution in [1.29, 1.82) is 0 Å². The summed E-state index contributed by atoms with van der Waals surface area (Å²) in [6, 6.07) is 7.06. The summed E-state index contributed by atoms with van der Waals surface area (Å²) in [5.74, 6) is -0.806. The van der Waals surface area contributed by atoms with Gasteiger partial charge >= 0.3 is 5.97 Å². The van der Waals surface area contributed by atoms with E-state index in [1.165, 1.54) is 0 Å². The second-order valence-corrected chi connectivity index (χ2v) is 4.83. The van der Waals surface area contributed by atoms with Crippen molar-refractivity contribution in [3.8, 4) is 0 Å². The topological polar surface area (TPSA) is 62.5 Å². The fourth-order valence-electron chi connectivity index (χ4n) is 2.00. The van der Waals surface area contributed by atoms with Crippen LogP contribution in [0.25, 0.3) is 10.9 Å². The molecule has 0 aliphatic heterocycles. The van der Waals surface area contributed by atoms with E-state index in [2.05, 4.69) is 0 Å². The molecule has 0 bridgehead atoms. The molecular weight excluding hydrogens is 230 g/mol. The Morgan fingerprint density at radius 3 is 2.67 bits per heavy atom. The van der Waals surface area contributed by atoms with Crippen LogP contribution in [0, 0.1) is 5.92 Å². The summed E-state index contributed by atoms with van der Waals surface area (Å²) in [4.78, 5) is 11.2. The normalized spacial score (nSPS) is 13.1. The van der Waals surface area contributed by atoms with E-state index < -0.39 is 12.1 Å². The van der Waals surface area contributed by atoms with Crippen molar-refractivity contribution in [2.45, 2.75) is 26.5 Å². The lowest BCUT2D eigenvalue weighted by Crippen LogP contribution is -2.21. The average Bonchev–Trinajstić information content (AvgIpc) is 2.72. The largest absolute Gasteiger partial charge is 0.478 e. The lowest BCUT2D eigenvalue weighted by Gasteiger charge is -2.16. The Morgan fingerprint density at radius 1 is 1.33 bits per heavy atom. The predicted octanol–water partition coefficient (Wildman–Crippen LogP) is 2.36. The number of rotatable bonds is 4. The molecule has 0 radical (unpaired) electrons. The summed E-state index contributed by atoms with van der Waals surface area (Å²) in [5.41, 5.74) is 0.943. The molecule has 96 valence electrons. The molecule has 2 aromatic rings. The third kappa shape index (κ3) is 2.24. The van der Waals surface area contributed by atoms with Crippen LogP contribution in [0.3, 0.4) is 0 Å². The van der Waals surface area contributed by atoms with Gasteiger partial charge in [0.25, 0.3) is 0 Å². The molecule has 0 aliphatic carbocycles. The highest BCUT2D eigenvalue weighted by Gasteiger charge is 2.15. The van der Waals surface area contributed by atoms with Crippen molar-refractivity contribution < 1.29 is 15.0 Å². The minimum atomic E-state index is -0.945. The molecule has 2 rings (SSSR count). The SMILES string of the molecule is CC(C)C(O)Cn1ccc2cccc(C(=O)O)c21. The molecule has 4 nitrogen and oxygen atoms in total. The Balaban J connectivity index is 2.49. The van der Waals surface area contributed by atoms with Crippen LogP contribution in [0.1, 0.15) is 24.2 Å². The maximum absolute atomic E-state index is 11.2. The molecule has 1 heterocycles. The van der Waals surface area contributed by atoms with Crippen molar-refractivity contribution in [3.63, 3.8) is 0 Å². The van der Waals surface area contributed by atoms with Crippen LogP contribution in [0.2, 0.25) is 0 Å². The number of carboxylic acid groups (broad SMARTS) is 1. The summed E-state index contributed by atoms with van der Waals surface area (Å²) in [7, 11) is 0. The van der Waals surface area contributed by atoms with Crippen LogP contribution in [-0.4, -0.2) is 26.9 Å². The van der Waals surface area contributed by atoms with E-state index in [0.29, 0.717) is 12.1 Å². The van der Waals surface area contributed by atoms with Gasteiger partial charge < -0.3 is 14.8 Å². The number of carbonyl (C=O) groups is 1. The zero-order valence-electron chi connectivity index (χ0n) is 10.5. The number of carboxylic acids is 1. The monoisotopic (exact) mass is 247 g/mol. The summed E-state index contributed by atoms with van der Waals surface area (Å²) in [6.45, 7) is 4.29. The van der Waals surface area contributed by atoms with Crippen LogP contribution < -0.4 is 0 Å².